The number of anilines is 3. The van der Waals surface area contributed by atoms with E-state index >= 15 is 0 Å². The fourth-order valence-corrected chi connectivity index (χ4v) is 7.24. The molecule has 11 rings (SSSR count). The van der Waals surface area contributed by atoms with E-state index in [9.17, 15) is 5.48 Å². The summed E-state index contributed by atoms with van der Waals surface area (Å²) < 4.78 is 93.6. The van der Waals surface area contributed by atoms with Crippen LogP contribution in [-0.4, -0.2) is 15.0 Å². The Morgan fingerprint density at radius 2 is 1.02 bits per heavy atom. The van der Waals surface area contributed by atoms with Gasteiger partial charge in [-0.3, -0.25) is 0 Å². The van der Waals surface area contributed by atoms with E-state index in [-0.39, 0.29) is 22.6 Å². The van der Waals surface area contributed by atoms with Crippen LogP contribution < -0.4 is 4.90 Å². The van der Waals surface area contributed by atoms with E-state index in [0.29, 0.717) is 61.7 Å². The Balaban J connectivity index is 1.08. The molecule has 3 aromatic heterocycles. The molecule has 0 saturated carbocycles. The molecule has 3 heterocycles. The Bertz CT molecular complexity index is 3670. The first-order valence-corrected chi connectivity index (χ1v) is 18.2. The van der Waals surface area contributed by atoms with E-state index in [1.54, 1.807) is 36.4 Å². The normalized spacial score (nSPS) is 13.7. The van der Waals surface area contributed by atoms with E-state index in [4.69, 9.17) is 30.6 Å². The smallest absolute Gasteiger partial charge is 0.164 e. The SMILES string of the molecule is [2H]c1c([2H])c([2H])c(N(c2ccc3oc4ccccc4c3c2)c2c([2H])c([2H])c(-c3ccc4c(c3)oc3cccc(-c5nc(-c6ccccc6)nc(-c6ccccc6)n5)c34)c([2H])c2[2H])c([2H])c1[2H]. The van der Waals surface area contributed by atoms with E-state index in [2.05, 4.69) is 0 Å². The second kappa shape index (κ2) is 13.5. The number of hydrogen-bond donors (Lipinski definition) is 0. The zero-order valence-electron chi connectivity index (χ0n) is 38.9. The number of hydrogen-bond acceptors (Lipinski definition) is 6. The number of aromatic nitrogens is 3. The second-order valence-electron chi connectivity index (χ2n) is 13.3. The zero-order valence-corrected chi connectivity index (χ0v) is 29.9. The summed E-state index contributed by atoms with van der Waals surface area (Å²) in [7, 11) is 0. The van der Waals surface area contributed by atoms with Crippen molar-refractivity contribution in [1.82, 2.24) is 15.0 Å². The summed E-state index contributed by atoms with van der Waals surface area (Å²) >= 11 is 0. The van der Waals surface area contributed by atoms with Gasteiger partial charge in [0.25, 0.3) is 0 Å². The molecule has 0 fully saturated rings. The lowest BCUT2D eigenvalue weighted by molar-refractivity contribution is 0.668. The molecule has 0 radical (unpaired) electrons. The number of rotatable bonds is 7. The topological polar surface area (TPSA) is 68.2 Å². The highest BCUT2D eigenvalue weighted by atomic mass is 16.3. The van der Waals surface area contributed by atoms with Crippen LogP contribution in [0.1, 0.15) is 12.3 Å². The highest BCUT2D eigenvalue weighted by Gasteiger charge is 2.19. The minimum atomic E-state index is -0.622. The first-order valence-electron chi connectivity index (χ1n) is 22.7. The third-order valence-electron chi connectivity index (χ3n) is 9.89. The quantitative estimate of drug-likeness (QED) is 0.162. The Labute approximate surface area is 340 Å². The van der Waals surface area contributed by atoms with E-state index in [1.807, 2.05) is 103 Å². The maximum atomic E-state index is 9.49. The van der Waals surface area contributed by atoms with Gasteiger partial charge in [0.15, 0.2) is 17.5 Å². The Morgan fingerprint density at radius 3 is 1.77 bits per heavy atom. The van der Waals surface area contributed by atoms with Crippen molar-refractivity contribution in [3.05, 3.63) is 194 Å². The van der Waals surface area contributed by atoms with Crippen LogP contribution in [0.3, 0.4) is 0 Å². The summed E-state index contributed by atoms with van der Waals surface area (Å²) in [4.78, 5) is 15.9. The second-order valence-corrected chi connectivity index (χ2v) is 13.3. The van der Waals surface area contributed by atoms with Crippen molar-refractivity contribution >= 4 is 60.9 Å². The summed E-state index contributed by atoms with van der Waals surface area (Å²) in [5.41, 5.74) is 4.30. The van der Waals surface area contributed by atoms with Crippen molar-refractivity contribution in [2.45, 2.75) is 0 Å². The molecule has 0 atom stereocenters. The molecule has 6 nitrogen and oxygen atoms in total. The molecular weight excluding hydrogens is 701 g/mol. The number of furan rings is 2. The minimum Gasteiger partial charge on any atom is -0.456 e. The van der Waals surface area contributed by atoms with Crippen LogP contribution in [0.15, 0.2) is 203 Å². The van der Waals surface area contributed by atoms with Gasteiger partial charge in [-0.1, -0.05) is 127 Å². The molecule has 0 N–H and O–H groups in total. The number of benzene rings is 8. The first-order chi connectivity index (χ1) is 32.0. The van der Waals surface area contributed by atoms with Crippen molar-refractivity contribution < 1.29 is 21.2 Å². The highest BCUT2D eigenvalue weighted by molar-refractivity contribution is 6.12. The molecule has 57 heavy (non-hydrogen) atoms. The van der Waals surface area contributed by atoms with Gasteiger partial charge in [0.05, 0.1) is 12.3 Å². The van der Waals surface area contributed by atoms with Gasteiger partial charge in [-0.15, -0.1) is 0 Å². The van der Waals surface area contributed by atoms with Crippen molar-refractivity contribution in [1.29, 1.82) is 0 Å². The standard InChI is InChI=1S/C51H32N4O2/c1-4-13-34(14-5-1)49-52-50(35-15-6-2-7-16-35)54-51(53-49)42-20-12-22-46-48(42)41-29-25-36(31-47(41)57-46)33-23-26-38(27-24-33)55(37-17-8-3-9-18-37)39-28-30-45-43(32-39)40-19-10-11-21-44(40)56-45/h1-32H/i3D,8D,9D,17D,18D,23D,24D,26D,27D. The molecule has 0 aliphatic carbocycles. The lowest BCUT2D eigenvalue weighted by Gasteiger charge is -2.25. The summed E-state index contributed by atoms with van der Waals surface area (Å²) in [6, 6.07) is 37.5. The molecule has 268 valence electrons. The van der Waals surface area contributed by atoms with Gasteiger partial charge in [-0.05, 0) is 77.8 Å². The van der Waals surface area contributed by atoms with Crippen LogP contribution in [0.5, 0.6) is 0 Å². The molecule has 6 heteroatoms. The van der Waals surface area contributed by atoms with Crippen LogP contribution in [0.25, 0.3) is 89.2 Å². The number of fused-ring (bicyclic) bond motifs is 6. The van der Waals surface area contributed by atoms with E-state index < -0.39 is 54.4 Å². The number of nitrogens with zero attached hydrogens (tertiary/aromatic N) is 4. The minimum absolute atomic E-state index is 0.0221. The average Bonchev–Trinajstić information content (AvgIpc) is 3.92. The van der Waals surface area contributed by atoms with Crippen LogP contribution in [-0.2, 0) is 0 Å². The monoisotopic (exact) mass is 741 g/mol. The molecule has 0 aliphatic heterocycles. The van der Waals surface area contributed by atoms with Gasteiger partial charge in [0, 0.05) is 55.3 Å². The lowest BCUT2D eigenvalue weighted by Crippen LogP contribution is -2.09. The third kappa shape index (κ3) is 5.79. The largest absolute Gasteiger partial charge is 0.456 e. The van der Waals surface area contributed by atoms with Gasteiger partial charge < -0.3 is 13.7 Å². The molecule has 8 aromatic carbocycles. The van der Waals surface area contributed by atoms with Crippen LogP contribution in [0.4, 0.5) is 17.1 Å². The summed E-state index contributed by atoms with van der Waals surface area (Å²) in [6.45, 7) is 0. The van der Waals surface area contributed by atoms with Crippen molar-refractivity contribution in [2.75, 3.05) is 4.90 Å². The van der Waals surface area contributed by atoms with Gasteiger partial charge in [-0.2, -0.15) is 0 Å². The summed E-state index contributed by atoms with van der Waals surface area (Å²) in [5, 5.41) is 2.82. The van der Waals surface area contributed by atoms with Gasteiger partial charge in [0.1, 0.15) is 22.3 Å². The van der Waals surface area contributed by atoms with Crippen molar-refractivity contribution in [3.63, 3.8) is 0 Å². The van der Waals surface area contributed by atoms with Gasteiger partial charge in [-0.25, -0.2) is 15.0 Å². The number of para-hydroxylation sites is 2. The highest BCUT2D eigenvalue weighted by Crippen LogP contribution is 2.41. The molecule has 0 unspecified atom stereocenters. The molecule has 0 bridgehead atoms. The maximum Gasteiger partial charge on any atom is 0.164 e. The predicted octanol–water partition coefficient (Wildman–Crippen LogP) is 13.8. The molecule has 0 saturated heterocycles. The molecule has 0 spiro atoms. The third-order valence-corrected chi connectivity index (χ3v) is 9.89. The maximum absolute atomic E-state index is 9.49. The van der Waals surface area contributed by atoms with E-state index in [0.717, 1.165) is 21.9 Å². The molecule has 11 aromatic rings. The molecule has 0 aliphatic rings. The van der Waals surface area contributed by atoms with Crippen molar-refractivity contribution in [3.8, 4) is 45.3 Å². The molecular formula is C51H32N4O2. The zero-order chi connectivity index (χ0) is 45.5. The van der Waals surface area contributed by atoms with Gasteiger partial charge >= 0.3 is 0 Å². The lowest BCUT2D eigenvalue weighted by atomic mass is 10.0. The fourth-order valence-electron chi connectivity index (χ4n) is 7.24. The fraction of sp³-hybridized carbons (Fsp3) is 0. The Kier molecular flexibility index (Phi) is 5.81. The van der Waals surface area contributed by atoms with Crippen molar-refractivity contribution in [2.24, 2.45) is 0 Å². The Morgan fingerprint density at radius 1 is 0.386 bits per heavy atom. The first kappa shape index (κ1) is 24.6. The van der Waals surface area contributed by atoms with Crippen LogP contribution in [0.2, 0.25) is 0 Å². The van der Waals surface area contributed by atoms with Crippen LogP contribution in [0, 0.1) is 0 Å². The average molecular weight is 742 g/mol. The molecule has 0 amide bonds. The van der Waals surface area contributed by atoms with Gasteiger partial charge in [0.2, 0.25) is 0 Å². The van der Waals surface area contributed by atoms with Crippen LogP contribution >= 0.6 is 0 Å². The summed E-state index contributed by atoms with van der Waals surface area (Å²) in [5.74, 6) is 1.43. The summed E-state index contributed by atoms with van der Waals surface area (Å²) in [6.07, 6.45) is 0. The van der Waals surface area contributed by atoms with E-state index in [1.165, 1.54) is 4.90 Å². The Hall–Kier alpha value is -7.83. The predicted molar refractivity (Wildman–Crippen MR) is 231 cm³/mol.